The minimum atomic E-state index is -1.98. The number of nitrogens with one attached hydrogen (secondary N) is 1. The van der Waals surface area contributed by atoms with Crippen molar-refractivity contribution in [2.75, 3.05) is 6.54 Å². The topological polar surface area (TPSA) is 130 Å². The molecule has 0 rings (SSSR count). The van der Waals surface area contributed by atoms with E-state index in [2.05, 4.69) is 24.4 Å². The van der Waals surface area contributed by atoms with Gasteiger partial charge in [-0.05, 0) is 59.3 Å². The fraction of sp³-hybridized carbons (Fsp3) is 0.800. The molecule has 4 N–H and O–H groups in total. The Kier molecular flexibility index (Phi) is 19.5. The molecule has 0 heterocycles. The Labute approximate surface area is 231 Å². The highest BCUT2D eigenvalue weighted by Gasteiger charge is 2.48. The van der Waals surface area contributed by atoms with E-state index in [0.717, 1.165) is 43.4 Å². The van der Waals surface area contributed by atoms with Crippen LogP contribution in [0.25, 0.3) is 0 Å². The third kappa shape index (κ3) is 13.5. The van der Waals surface area contributed by atoms with Crippen LogP contribution in [-0.2, 0) is 19.2 Å². The molecular weight excluding hydrogens is 482 g/mol. The van der Waals surface area contributed by atoms with Crippen LogP contribution >= 0.6 is 0 Å². The van der Waals surface area contributed by atoms with Gasteiger partial charge in [0.1, 0.15) is 6.04 Å². The zero-order chi connectivity index (χ0) is 29.0. The lowest BCUT2D eigenvalue weighted by Crippen LogP contribution is -2.63. The zero-order valence-corrected chi connectivity index (χ0v) is 24.7. The first kappa shape index (κ1) is 35.8. The summed E-state index contributed by atoms with van der Waals surface area (Å²) in [6.07, 6.45) is 19.8. The number of carbonyl (C=O) groups is 4. The van der Waals surface area contributed by atoms with Crippen LogP contribution in [0.3, 0.4) is 0 Å². The Morgan fingerprint density at radius 1 is 0.842 bits per heavy atom. The first-order chi connectivity index (χ1) is 18.0. The SMILES string of the molecule is CCCCCCCC/C=C\CCCCCCCC(=O)[C@](C)(C(=O)O)N(CCC)C(=O)[C@H](C)NC(=O)[C@H](C)N. The number of ketones is 1. The van der Waals surface area contributed by atoms with E-state index in [1.807, 2.05) is 6.92 Å². The van der Waals surface area contributed by atoms with Crippen LogP contribution in [0.2, 0.25) is 0 Å². The smallest absolute Gasteiger partial charge is 0.337 e. The lowest BCUT2D eigenvalue weighted by atomic mass is 9.89. The number of unbranched alkanes of at least 4 members (excludes halogenated alkanes) is 11. The molecule has 8 heteroatoms. The van der Waals surface area contributed by atoms with Gasteiger partial charge in [0.2, 0.25) is 11.8 Å². The van der Waals surface area contributed by atoms with Crippen molar-refractivity contribution in [3.8, 4) is 0 Å². The van der Waals surface area contributed by atoms with Crippen LogP contribution < -0.4 is 11.1 Å². The molecule has 8 nitrogen and oxygen atoms in total. The summed E-state index contributed by atoms with van der Waals surface area (Å²) >= 11 is 0. The highest BCUT2D eigenvalue weighted by Crippen LogP contribution is 2.23. The quantitative estimate of drug-likeness (QED) is 0.0893. The van der Waals surface area contributed by atoms with E-state index in [-0.39, 0.29) is 13.0 Å². The minimum Gasteiger partial charge on any atom is -0.479 e. The Morgan fingerprint density at radius 3 is 1.82 bits per heavy atom. The molecule has 0 aliphatic rings. The lowest BCUT2D eigenvalue weighted by Gasteiger charge is -2.38. The van der Waals surface area contributed by atoms with Crippen molar-refractivity contribution in [2.45, 2.75) is 149 Å². The molecule has 0 fully saturated rings. The Balaban J connectivity index is 4.58. The number of rotatable bonds is 23. The molecule has 0 saturated heterocycles. The molecule has 0 unspecified atom stereocenters. The standard InChI is InChI=1S/C30H55N3O5/c1-6-8-9-10-11-12-13-14-15-16-17-18-19-20-21-22-26(34)30(5,29(37)38)33(23-7-2)28(36)25(4)32-27(35)24(3)31/h14-15,24-25H,6-13,16-23,31H2,1-5H3,(H,32,35)(H,37,38)/b15-14-/t24-,25-,30+/m0/s1. The number of nitrogens with zero attached hydrogens (tertiary/aromatic N) is 1. The van der Waals surface area contributed by atoms with E-state index >= 15 is 0 Å². The summed E-state index contributed by atoms with van der Waals surface area (Å²) in [4.78, 5) is 51.5. The average Bonchev–Trinajstić information content (AvgIpc) is 2.88. The third-order valence-electron chi connectivity index (χ3n) is 7.02. The van der Waals surface area contributed by atoms with Crippen molar-refractivity contribution in [2.24, 2.45) is 5.73 Å². The van der Waals surface area contributed by atoms with Gasteiger partial charge in [-0.15, -0.1) is 0 Å². The molecule has 0 saturated carbocycles. The van der Waals surface area contributed by atoms with Gasteiger partial charge in [0.25, 0.3) is 0 Å². The summed E-state index contributed by atoms with van der Waals surface area (Å²) in [6.45, 7) is 8.40. The number of Topliss-reactive ketones (excluding diaryl/α,β-unsaturated/α-hetero) is 1. The molecule has 0 radical (unpaired) electrons. The number of carboxylic acid groups (broad SMARTS) is 1. The number of nitrogens with two attached hydrogens (primary N) is 1. The maximum atomic E-state index is 13.1. The predicted octanol–water partition coefficient (Wildman–Crippen LogP) is 5.53. The molecule has 0 aromatic heterocycles. The highest BCUT2D eigenvalue weighted by molar-refractivity contribution is 6.10. The summed E-state index contributed by atoms with van der Waals surface area (Å²) in [5.74, 6) is -2.97. The third-order valence-corrected chi connectivity index (χ3v) is 7.02. The molecule has 2 amide bonds. The van der Waals surface area contributed by atoms with Crippen molar-refractivity contribution < 1.29 is 24.3 Å². The van der Waals surface area contributed by atoms with Gasteiger partial charge in [0.15, 0.2) is 11.3 Å². The predicted molar refractivity (Wildman–Crippen MR) is 154 cm³/mol. The molecule has 220 valence electrons. The molecule has 0 aliphatic heterocycles. The first-order valence-electron chi connectivity index (χ1n) is 14.8. The van der Waals surface area contributed by atoms with Crippen molar-refractivity contribution >= 4 is 23.6 Å². The Hall–Kier alpha value is -2.22. The summed E-state index contributed by atoms with van der Waals surface area (Å²) in [7, 11) is 0. The van der Waals surface area contributed by atoms with Gasteiger partial charge in [0.05, 0.1) is 6.04 Å². The average molecular weight is 538 g/mol. The van der Waals surface area contributed by atoms with Gasteiger partial charge >= 0.3 is 5.97 Å². The molecule has 0 aromatic carbocycles. The van der Waals surface area contributed by atoms with E-state index in [1.54, 1.807) is 0 Å². The minimum absolute atomic E-state index is 0.0923. The van der Waals surface area contributed by atoms with Gasteiger partial charge < -0.3 is 21.1 Å². The molecule has 38 heavy (non-hydrogen) atoms. The molecule has 3 atom stereocenters. The Bertz CT molecular complexity index is 737. The first-order valence-corrected chi connectivity index (χ1v) is 14.8. The number of carbonyl (C=O) groups excluding carboxylic acids is 3. The van der Waals surface area contributed by atoms with Crippen LogP contribution in [0.15, 0.2) is 12.2 Å². The maximum Gasteiger partial charge on any atom is 0.337 e. The highest BCUT2D eigenvalue weighted by atomic mass is 16.4. The van der Waals surface area contributed by atoms with E-state index in [4.69, 9.17) is 5.73 Å². The molecule has 0 spiro atoms. The van der Waals surface area contributed by atoms with Crippen LogP contribution in [0.5, 0.6) is 0 Å². The van der Waals surface area contributed by atoms with Crippen molar-refractivity contribution in [1.82, 2.24) is 10.2 Å². The fourth-order valence-electron chi connectivity index (χ4n) is 4.40. The van der Waals surface area contributed by atoms with Gasteiger partial charge in [-0.25, -0.2) is 4.79 Å². The van der Waals surface area contributed by atoms with E-state index in [1.165, 1.54) is 59.3 Å². The molecular formula is C30H55N3O5. The van der Waals surface area contributed by atoms with Crippen molar-refractivity contribution in [1.29, 1.82) is 0 Å². The van der Waals surface area contributed by atoms with Crippen molar-refractivity contribution in [3.63, 3.8) is 0 Å². The largest absolute Gasteiger partial charge is 0.479 e. The van der Waals surface area contributed by atoms with Crippen LogP contribution in [0.4, 0.5) is 0 Å². The summed E-state index contributed by atoms with van der Waals surface area (Å²) in [5.41, 5.74) is 3.58. The van der Waals surface area contributed by atoms with E-state index in [0.29, 0.717) is 12.8 Å². The normalized spacial score (nSPS) is 14.6. The van der Waals surface area contributed by atoms with Gasteiger partial charge in [-0.2, -0.15) is 0 Å². The Morgan fingerprint density at radius 2 is 1.34 bits per heavy atom. The summed E-state index contributed by atoms with van der Waals surface area (Å²) in [5, 5.41) is 12.5. The number of allylic oxidation sites excluding steroid dienone is 2. The lowest BCUT2D eigenvalue weighted by molar-refractivity contribution is -0.164. The summed E-state index contributed by atoms with van der Waals surface area (Å²) in [6, 6.07) is -1.80. The number of hydrogen-bond donors (Lipinski definition) is 3. The summed E-state index contributed by atoms with van der Waals surface area (Å²) < 4.78 is 0. The van der Waals surface area contributed by atoms with Crippen LogP contribution in [-0.4, -0.2) is 57.7 Å². The molecule has 0 aliphatic carbocycles. The molecule has 0 aromatic rings. The van der Waals surface area contributed by atoms with Crippen LogP contribution in [0, 0.1) is 0 Å². The molecule has 0 bridgehead atoms. The van der Waals surface area contributed by atoms with E-state index < -0.39 is 41.2 Å². The fourth-order valence-corrected chi connectivity index (χ4v) is 4.40. The van der Waals surface area contributed by atoms with Crippen LogP contribution in [0.1, 0.15) is 131 Å². The number of aliphatic carboxylic acids is 1. The number of amides is 2. The van der Waals surface area contributed by atoms with Gasteiger partial charge in [-0.3, -0.25) is 14.4 Å². The second kappa shape index (κ2) is 20.7. The monoisotopic (exact) mass is 537 g/mol. The number of hydrogen-bond acceptors (Lipinski definition) is 5. The van der Waals surface area contributed by atoms with Gasteiger partial charge in [-0.1, -0.05) is 77.4 Å². The number of carboxylic acids is 1. The van der Waals surface area contributed by atoms with Gasteiger partial charge in [0, 0.05) is 13.0 Å². The second-order valence-electron chi connectivity index (χ2n) is 10.6. The van der Waals surface area contributed by atoms with E-state index in [9.17, 15) is 24.3 Å². The zero-order valence-electron chi connectivity index (χ0n) is 24.7. The maximum absolute atomic E-state index is 13.1. The second-order valence-corrected chi connectivity index (χ2v) is 10.6. The van der Waals surface area contributed by atoms with Crippen molar-refractivity contribution in [3.05, 3.63) is 12.2 Å².